The second kappa shape index (κ2) is 7.49. The van der Waals surface area contributed by atoms with E-state index in [-0.39, 0.29) is 0 Å². The predicted molar refractivity (Wildman–Crippen MR) is 40.2 cm³/mol. The van der Waals surface area contributed by atoms with Gasteiger partial charge in [0.2, 0.25) is 6.54 Å². The highest BCUT2D eigenvalue weighted by Gasteiger charge is 1.88. The molecule has 0 spiro atoms. The van der Waals surface area contributed by atoms with Crippen LogP contribution in [0.4, 0.5) is 0 Å². The lowest BCUT2D eigenvalue weighted by Crippen LogP contribution is -1.78. The van der Waals surface area contributed by atoms with Gasteiger partial charge in [-0.15, -0.1) is 0 Å². The van der Waals surface area contributed by atoms with Crippen molar-refractivity contribution in [3.05, 3.63) is 11.4 Å². The van der Waals surface area contributed by atoms with Gasteiger partial charge in [-0.05, 0) is 6.42 Å². The first kappa shape index (κ1) is 8.49. The molecule has 52 valence electrons. The molecule has 0 heterocycles. The van der Waals surface area contributed by atoms with E-state index in [9.17, 15) is 0 Å². The molecule has 1 nitrogen and oxygen atoms in total. The summed E-state index contributed by atoms with van der Waals surface area (Å²) >= 11 is 0. The summed E-state index contributed by atoms with van der Waals surface area (Å²) in [5.41, 5.74) is 0. The molecule has 9 heavy (non-hydrogen) atoms. The average molecular weight is 125 g/mol. The van der Waals surface area contributed by atoms with Crippen molar-refractivity contribution < 1.29 is 0 Å². The number of hydrogen-bond acceptors (Lipinski definition) is 0. The van der Waals surface area contributed by atoms with Gasteiger partial charge < -0.3 is 4.85 Å². The Bertz CT molecular complexity index is 81.1. The van der Waals surface area contributed by atoms with E-state index in [2.05, 4.69) is 11.8 Å². The van der Waals surface area contributed by atoms with E-state index in [0.29, 0.717) is 0 Å². The smallest absolute Gasteiger partial charge is 0.214 e. The molecule has 0 aromatic heterocycles. The predicted octanol–water partition coefficient (Wildman–Crippen LogP) is 2.88. The van der Waals surface area contributed by atoms with Crippen molar-refractivity contribution in [3.63, 3.8) is 0 Å². The monoisotopic (exact) mass is 125 g/mol. The minimum atomic E-state index is 0.726. The highest BCUT2D eigenvalue weighted by Crippen LogP contribution is 2.01. The van der Waals surface area contributed by atoms with Crippen molar-refractivity contribution in [1.29, 1.82) is 0 Å². The third kappa shape index (κ3) is 7.49. The van der Waals surface area contributed by atoms with E-state index in [4.69, 9.17) is 6.57 Å². The molecule has 0 aliphatic heterocycles. The fraction of sp³-hybridized carbons (Fsp3) is 0.875. The fourth-order valence-corrected chi connectivity index (χ4v) is 0.794. The Morgan fingerprint density at radius 1 is 1.11 bits per heavy atom. The molecule has 0 aromatic rings. The average Bonchev–Trinajstić information content (AvgIpc) is 1.89. The zero-order valence-corrected chi connectivity index (χ0v) is 6.19. The van der Waals surface area contributed by atoms with Crippen molar-refractivity contribution in [2.75, 3.05) is 6.54 Å². The molecule has 0 aromatic carbocycles. The van der Waals surface area contributed by atoms with Crippen molar-refractivity contribution in [2.45, 2.75) is 39.0 Å². The first-order valence-electron chi connectivity index (χ1n) is 3.75. The van der Waals surface area contributed by atoms with Gasteiger partial charge in [-0.2, -0.15) is 0 Å². The Labute approximate surface area is 57.9 Å². The van der Waals surface area contributed by atoms with E-state index in [1.807, 2.05) is 0 Å². The molecule has 1 heteroatoms. The molecular weight excluding hydrogens is 110 g/mol. The number of unbranched alkanes of at least 4 members (excludes halogenated alkanes) is 4. The maximum absolute atomic E-state index is 6.51. The van der Waals surface area contributed by atoms with E-state index >= 15 is 0 Å². The summed E-state index contributed by atoms with van der Waals surface area (Å²) in [4.78, 5) is 3.28. The Balaban J connectivity index is 2.69. The van der Waals surface area contributed by atoms with Crippen LogP contribution in [0.2, 0.25) is 0 Å². The van der Waals surface area contributed by atoms with Gasteiger partial charge in [-0.3, -0.25) is 0 Å². The van der Waals surface area contributed by atoms with Crippen LogP contribution in [0, 0.1) is 6.57 Å². The van der Waals surface area contributed by atoms with E-state index in [1.165, 1.54) is 25.7 Å². The Hall–Kier alpha value is -0.510. The van der Waals surface area contributed by atoms with Crippen molar-refractivity contribution in [2.24, 2.45) is 0 Å². The van der Waals surface area contributed by atoms with Crippen LogP contribution >= 0.6 is 0 Å². The van der Waals surface area contributed by atoms with Crippen LogP contribution in [0.3, 0.4) is 0 Å². The highest BCUT2D eigenvalue weighted by atomic mass is 14.6. The van der Waals surface area contributed by atoms with Gasteiger partial charge in [0, 0.05) is 6.42 Å². The van der Waals surface area contributed by atoms with Gasteiger partial charge in [0.15, 0.2) is 0 Å². The Morgan fingerprint density at radius 3 is 2.33 bits per heavy atom. The molecule has 0 atom stereocenters. The number of nitrogens with zero attached hydrogens (tertiary/aromatic N) is 1. The van der Waals surface area contributed by atoms with Crippen LogP contribution in [0.25, 0.3) is 4.85 Å². The molecule has 0 bridgehead atoms. The Morgan fingerprint density at radius 2 is 1.78 bits per heavy atom. The second-order valence-corrected chi connectivity index (χ2v) is 2.30. The van der Waals surface area contributed by atoms with Crippen LogP contribution < -0.4 is 0 Å². The summed E-state index contributed by atoms with van der Waals surface area (Å²) in [7, 11) is 0. The first-order valence-corrected chi connectivity index (χ1v) is 3.75. The molecule has 0 fully saturated rings. The van der Waals surface area contributed by atoms with Gasteiger partial charge in [0.25, 0.3) is 0 Å². The summed E-state index contributed by atoms with van der Waals surface area (Å²) in [6.45, 7) is 9.44. The van der Waals surface area contributed by atoms with Crippen molar-refractivity contribution in [1.82, 2.24) is 0 Å². The molecule has 0 amide bonds. The minimum absolute atomic E-state index is 0.726. The fourth-order valence-electron chi connectivity index (χ4n) is 0.794. The Kier molecular flexibility index (Phi) is 7.07. The van der Waals surface area contributed by atoms with E-state index in [1.54, 1.807) is 0 Å². The van der Waals surface area contributed by atoms with Crippen LogP contribution in [0.5, 0.6) is 0 Å². The van der Waals surface area contributed by atoms with Gasteiger partial charge in [0.1, 0.15) is 0 Å². The maximum atomic E-state index is 6.51. The zero-order valence-electron chi connectivity index (χ0n) is 6.19. The lowest BCUT2D eigenvalue weighted by Gasteiger charge is -1.91. The van der Waals surface area contributed by atoms with E-state index in [0.717, 1.165) is 13.0 Å². The lowest BCUT2D eigenvalue weighted by atomic mass is 10.2. The molecule has 0 N–H and O–H groups in total. The first-order chi connectivity index (χ1) is 4.41. The van der Waals surface area contributed by atoms with Crippen LogP contribution in [0.1, 0.15) is 39.0 Å². The van der Waals surface area contributed by atoms with Gasteiger partial charge >= 0.3 is 0 Å². The summed E-state index contributed by atoms with van der Waals surface area (Å²) in [6.07, 6.45) is 6.28. The highest BCUT2D eigenvalue weighted by molar-refractivity contribution is 4.57. The number of rotatable bonds is 5. The molecule has 0 aliphatic carbocycles. The molecule has 0 saturated heterocycles. The molecule has 0 radical (unpaired) electrons. The minimum Gasteiger partial charge on any atom is -0.317 e. The summed E-state index contributed by atoms with van der Waals surface area (Å²) < 4.78 is 0. The topological polar surface area (TPSA) is 4.36 Å². The van der Waals surface area contributed by atoms with Crippen LogP contribution in [-0.4, -0.2) is 6.54 Å². The zero-order chi connectivity index (χ0) is 6.95. The maximum Gasteiger partial charge on any atom is 0.214 e. The van der Waals surface area contributed by atoms with E-state index < -0.39 is 0 Å². The lowest BCUT2D eigenvalue weighted by molar-refractivity contribution is 0.651. The quantitative estimate of drug-likeness (QED) is 0.393. The SMILES string of the molecule is [C-]#[N+]CCCCCCC. The van der Waals surface area contributed by atoms with Gasteiger partial charge in [-0.1, -0.05) is 26.2 Å². The summed E-state index contributed by atoms with van der Waals surface area (Å²) in [5.74, 6) is 0. The van der Waals surface area contributed by atoms with Crippen LogP contribution in [0.15, 0.2) is 0 Å². The molecule has 0 unspecified atom stereocenters. The van der Waals surface area contributed by atoms with Crippen LogP contribution in [-0.2, 0) is 0 Å². The molecule has 0 aliphatic rings. The molecule has 0 rings (SSSR count). The normalized spacial score (nSPS) is 8.89. The van der Waals surface area contributed by atoms with Gasteiger partial charge in [-0.25, -0.2) is 6.57 Å². The summed E-state index contributed by atoms with van der Waals surface area (Å²) in [6, 6.07) is 0. The standard InChI is InChI=1S/C8H15N/c1-3-4-5-6-7-8-9-2/h3-8H2,1H3. The summed E-state index contributed by atoms with van der Waals surface area (Å²) in [5, 5.41) is 0. The van der Waals surface area contributed by atoms with Crippen molar-refractivity contribution >= 4 is 0 Å². The van der Waals surface area contributed by atoms with Crippen molar-refractivity contribution in [3.8, 4) is 0 Å². The molecular formula is C8H15N. The second-order valence-electron chi connectivity index (χ2n) is 2.30. The molecule has 0 saturated carbocycles. The third-order valence-corrected chi connectivity index (χ3v) is 1.37. The van der Waals surface area contributed by atoms with Gasteiger partial charge in [0.05, 0.1) is 0 Å². The number of hydrogen-bond donors (Lipinski definition) is 0. The largest absolute Gasteiger partial charge is 0.317 e. The third-order valence-electron chi connectivity index (χ3n) is 1.37.